The molecule has 4 aromatic rings. The number of hydrogen-bond donors (Lipinski definition) is 1. The quantitative estimate of drug-likeness (QED) is 0.191. The van der Waals surface area contributed by atoms with Crippen LogP contribution in [0.1, 0.15) is 29.4 Å². The average molecular weight is 543 g/mol. The largest absolute Gasteiger partial charge is 0.497 e. The minimum atomic E-state index is -0.947. The molecule has 8 nitrogen and oxygen atoms in total. The van der Waals surface area contributed by atoms with Gasteiger partial charge < -0.3 is 28.5 Å². The fourth-order valence-electron chi connectivity index (χ4n) is 3.80. The fraction of sp³-hybridized carbons (Fsp3) is 0.188. The molecule has 0 aliphatic carbocycles. The molecule has 208 valence electrons. The molecule has 0 unspecified atom stereocenters. The molecule has 0 fully saturated rings. The number of ether oxygens (including phenoxy) is 3. The first-order chi connectivity index (χ1) is 19.4. The molecule has 0 aliphatic heterocycles. The number of carboxylic acid groups (broad SMARTS) is 1. The molecular formula is C32H34N2O6. The minimum Gasteiger partial charge on any atom is -0.497 e. The molecule has 4 rings (SSSR count). The van der Waals surface area contributed by atoms with Crippen LogP contribution >= 0.6 is 0 Å². The van der Waals surface area contributed by atoms with E-state index in [1.54, 1.807) is 33.3 Å². The lowest BCUT2D eigenvalue weighted by Gasteiger charge is -2.07. The van der Waals surface area contributed by atoms with E-state index in [9.17, 15) is 9.59 Å². The molecule has 0 saturated heterocycles. The molecule has 2 heterocycles. The zero-order valence-corrected chi connectivity index (χ0v) is 22.9. The van der Waals surface area contributed by atoms with Gasteiger partial charge in [0.25, 0.3) is 0 Å². The highest BCUT2D eigenvalue weighted by molar-refractivity contribution is 5.86. The van der Waals surface area contributed by atoms with Crippen LogP contribution in [0.25, 0.3) is 12.2 Å². The number of aromatic nitrogens is 2. The number of carbonyl (C=O) groups is 2. The van der Waals surface area contributed by atoms with Crippen LogP contribution in [0.3, 0.4) is 0 Å². The van der Waals surface area contributed by atoms with Crippen LogP contribution in [-0.2, 0) is 27.4 Å². The summed E-state index contributed by atoms with van der Waals surface area (Å²) in [6, 6.07) is 23.4. The monoisotopic (exact) mass is 542 g/mol. The number of carboxylic acids is 1. The number of esters is 1. The Morgan fingerprint density at radius 2 is 1.18 bits per heavy atom. The summed E-state index contributed by atoms with van der Waals surface area (Å²) in [5.41, 5.74) is 4.11. The highest BCUT2D eigenvalue weighted by Crippen LogP contribution is 2.15. The number of methoxy groups -OCH3 is 2. The van der Waals surface area contributed by atoms with Crippen molar-refractivity contribution in [1.29, 1.82) is 0 Å². The maximum Gasteiger partial charge on any atom is 0.330 e. The molecule has 0 aliphatic rings. The number of rotatable bonds is 11. The Morgan fingerprint density at radius 3 is 1.57 bits per heavy atom. The number of nitrogens with zero attached hydrogens (tertiary/aromatic N) is 2. The second-order valence-corrected chi connectivity index (χ2v) is 8.58. The molecular weight excluding hydrogens is 508 g/mol. The molecule has 2 aromatic carbocycles. The first kappa shape index (κ1) is 29.6. The van der Waals surface area contributed by atoms with Crippen LogP contribution in [0.2, 0.25) is 0 Å². The highest BCUT2D eigenvalue weighted by atomic mass is 16.5. The van der Waals surface area contributed by atoms with Crippen molar-refractivity contribution >= 4 is 24.1 Å². The van der Waals surface area contributed by atoms with Crippen LogP contribution in [0.5, 0.6) is 11.5 Å². The van der Waals surface area contributed by atoms with Crippen molar-refractivity contribution < 1.29 is 28.9 Å². The average Bonchev–Trinajstić information content (AvgIpc) is 3.61. The van der Waals surface area contributed by atoms with Gasteiger partial charge in [-0.25, -0.2) is 9.59 Å². The van der Waals surface area contributed by atoms with Crippen LogP contribution in [-0.4, -0.2) is 47.0 Å². The zero-order valence-electron chi connectivity index (χ0n) is 22.9. The molecule has 1 N–H and O–H groups in total. The van der Waals surface area contributed by atoms with Crippen LogP contribution < -0.4 is 9.47 Å². The van der Waals surface area contributed by atoms with E-state index in [0.29, 0.717) is 13.2 Å². The van der Waals surface area contributed by atoms with E-state index in [1.807, 2.05) is 89.8 Å². The van der Waals surface area contributed by atoms with E-state index >= 15 is 0 Å². The summed E-state index contributed by atoms with van der Waals surface area (Å²) in [6.07, 6.45) is 9.84. The third-order valence-corrected chi connectivity index (χ3v) is 5.83. The third kappa shape index (κ3) is 9.40. The van der Waals surface area contributed by atoms with Gasteiger partial charge in [-0.2, -0.15) is 0 Å². The molecule has 0 atom stereocenters. The molecule has 0 amide bonds. The maximum absolute atomic E-state index is 11.3. The molecule has 0 saturated carbocycles. The van der Waals surface area contributed by atoms with Crippen molar-refractivity contribution in [1.82, 2.24) is 9.13 Å². The summed E-state index contributed by atoms with van der Waals surface area (Å²) in [5, 5.41) is 8.64. The normalized spacial score (nSPS) is 10.8. The summed E-state index contributed by atoms with van der Waals surface area (Å²) in [4.78, 5) is 21.9. The van der Waals surface area contributed by atoms with Crippen LogP contribution in [0.4, 0.5) is 0 Å². The van der Waals surface area contributed by atoms with Gasteiger partial charge in [0.1, 0.15) is 11.5 Å². The summed E-state index contributed by atoms with van der Waals surface area (Å²) < 4.78 is 19.2. The van der Waals surface area contributed by atoms with E-state index in [1.165, 1.54) is 6.08 Å². The molecule has 40 heavy (non-hydrogen) atoms. The van der Waals surface area contributed by atoms with Gasteiger partial charge in [0.05, 0.1) is 20.8 Å². The highest BCUT2D eigenvalue weighted by Gasteiger charge is 2.02. The molecule has 2 aromatic heterocycles. The van der Waals surface area contributed by atoms with Crippen molar-refractivity contribution in [2.45, 2.75) is 20.0 Å². The smallest absolute Gasteiger partial charge is 0.330 e. The van der Waals surface area contributed by atoms with Gasteiger partial charge in [0.2, 0.25) is 0 Å². The number of carbonyl (C=O) groups excluding carboxylic acids is 1. The van der Waals surface area contributed by atoms with E-state index < -0.39 is 5.97 Å². The molecule has 0 radical (unpaired) electrons. The zero-order chi connectivity index (χ0) is 28.7. The third-order valence-electron chi connectivity index (χ3n) is 5.83. The van der Waals surface area contributed by atoms with Gasteiger partial charge >= 0.3 is 11.9 Å². The van der Waals surface area contributed by atoms with Crippen LogP contribution in [0, 0.1) is 0 Å². The Kier molecular flexibility index (Phi) is 11.4. The number of hydrogen-bond acceptors (Lipinski definition) is 5. The maximum atomic E-state index is 11.3. The van der Waals surface area contributed by atoms with Crippen molar-refractivity contribution in [2.75, 3.05) is 20.8 Å². The minimum absolute atomic E-state index is 0.324. The Balaban J connectivity index is 0.000000222. The molecule has 8 heteroatoms. The second-order valence-electron chi connectivity index (χ2n) is 8.58. The van der Waals surface area contributed by atoms with E-state index in [2.05, 4.69) is 4.57 Å². The van der Waals surface area contributed by atoms with Gasteiger partial charge in [-0.1, -0.05) is 24.3 Å². The van der Waals surface area contributed by atoms with E-state index in [4.69, 9.17) is 19.3 Å². The fourth-order valence-corrected chi connectivity index (χ4v) is 3.80. The van der Waals surface area contributed by atoms with Gasteiger partial charge in [-0.15, -0.1) is 0 Å². The standard InChI is InChI=1S/C17H19NO3.C15H15NO3/c1-3-21-17(19)11-8-15-5-4-12-18(15)13-14-6-9-16(20-2)10-7-14;1-19-14-7-4-12(5-8-14)11-16-10-2-3-13(16)6-9-15(17)18/h4-12H,3,13H2,1-2H3;2-10H,11H2,1H3,(H,17,18)/b11-8+;9-6+. The number of aliphatic carboxylic acids is 1. The lowest BCUT2D eigenvalue weighted by molar-refractivity contribution is -0.137. The Labute approximate surface area is 234 Å². The summed E-state index contributed by atoms with van der Waals surface area (Å²) in [7, 11) is 3.29. The number of benzene rings is 2. The second kappa shape index (κ2) is 15.4. The van der Waals surface area contributed by atoms with Crippen molar-refractivity contribution in [3.63, 3.8) is 0 Å². The SMILES string of the molecule is CCOC(=O)/C=C/c1cccn1Cc1ccc(OC)cc1.COc1ccc(Cn2cccc2/C=C/C(=O)O)cc1. The van der Waals surface area contributed by atoms with Crippen molar-refractivity contribution in [3.05, 3.63) is 120 Å². The predicted octanol–water partition coefficient (Wildman–Crippen LogP) is 5.76. The summed E-state index contributed by atoms with van der Waals surface area (Å²) in [5.74, 6) is 0.392. The van der Waals surface area contributed by atoms with Gasteiger partial charge in [-0.05, 0) is 78.7 Å². The van der Waals surface area contributed by atoms with Gasteiger partial charge in [-0.3, -0.25) is 0 Å². The van der Waals surface area contributed by atoms with Gasteiger partial charge in [0, 0.05) is 49.0 Å². The Hall–Kier alpha value is -4.98. The Morgan fingerprint density at radius 1 is 0.725 bits per heavy atom. The molecule has 0 spiro atoms. The van der Waals surface area contributed by atoms with Crippen LogP contribution in [0.15, 0.2) is 97.3 Å². The lowest BCUT2D eigenvalue weighted by Crippen LogP contribution is -2.02. The lowest BCUT2D eigenvalue weighted by atomic mass is 10.2. The Bertz CT molecular complexity index is 1410. The van der Waals surface area contributed by atoms with Crippen molar-refractivity contribution in [2.24, 2.45) is 0 Å². The first-order valence-electron chi connectivity index (χ1n) is 12.7. The summed E-state index contributed by atoms with van der Waals surface area (Å²) >= 11 is 0. The van der Waals surface area contributed by atoms with E-state index in [-0.39, 0.29) is 5.97 Å². The van der Waals surface area contributed by atoms with E-state index in [0.717, 1.165) is 46.6 Å². The summed E-state index contributed by atoms with van der Waals surface area (Å²) in [6.45, 7) is 3.60. The van der Waals surface area contributed by atoms with Gasteiger partial charge in [0.15, 0.2) is 0 Å². The molecule has 0 bridgehead atoms. The van der Waals surface area contributed by atoms with Crippen molar-refractivity contribution in [3.8, 4) is 11.5 Å². The topological polar surface area (TPSA) is 91.9 Å². The first-order valence-corrected chi connectivity index (χ1v) is 12.7. The predicted molar refractivity (Wildman–Crippen MR) is 155 cm³/mol.